The number of aliphatic hydroxyl groups is 2. The van der Waals surface area contributed by atoms with Crippen molar-refractivity contribution in [2.45, 2.75) is 160 Å². The summed E-state index contributed by atoms with van der Waals surface area (Å²) >= 11 is 6.26. The third-order valence-electron chi connectivity index (χ3n) is 14.8. The molecule has 19 N–H and O–H groups in total. The lowest BCUT2D eigenvalue weighted by Crippen LogP contribution is -2.59. The molecular weight excluding hydrogens is 1120 g/mol. The van der Waals surface area contributed by atoms with Gasteiger partial charge in [0.15, 0.2) is 17.3 Å². The zero-order valence-electron chi connectivity index (χ0n) is 49.3. The van der Waals surface area contributed by atoms with E-state index in [1.54, 1.807) is 68.4 Å². The zero-order chi connectivity index (χ0) is 63.3. The zero-order valence-corrected chi connectivity index (χ0v) is 50.0. The van der Waals surface area contributed by atoms with Crippen molar-refractivity contribution in [1.82, 2.24) is 37.2 Å². The molecule has 12 atom stereocenters. The van der Waals surface area contributed by atoms with E-state index in [9.17, 15) is 63.0 Å². The number of amides is 7. The SMILES string of the molecule is CC(C)C[C@@H]1NC(=O)[C@@H](Cc2ccccc2)NC(=O)[C@H](CCN)CC(=O)C(NC(=O)[C@H](CCN)CC(=O)[C@@H](NC(=O)[C@H](CCN)CC(=O)Cc2ccccc2Cl)C(C)O)CCNC(=O)[C@H](C(C)O)CC(=O)[C@H](CCN)NC(=O)C(CCN)NC1=O. The van der Waals surface area contributed by atoms with Gasteiger partial charge in [-0.1, -0.05) is 74.0 Å². The molecule has 1 fully saturated rings. The van der Waals surface area contributed by atoms with E-state index in [-0.39, 0.29) is 115 Å². The van der Waals surface area contributed by atoms with Crippen molar-refractivity contribution in [2.24, 2.45) is 58.3 Å². The molecule has 472 valence electrons. The van der Waals surface area contributed by atoms with E-state index in [0.29, 0.717) is 16.1 Å². The first kappa shape index (κ1) is 72.7. The number of nitrogens with two attached hydrogens (primary N) is 5. The Labute approximate surface area is 502 Å². The maximum absolute atomic E-state index is 14.7. The number of rotatable bonds is 27. The molecule has 0 aromatic heterocycles. The summed E-state index contributed by atoms with van der Waals surface area (Å²) in [4.78, 5) is 155. The minimum Gasteiger partial charge on any atom is -0.393 e. The summed E-state index contributed by atoms with van der Waals surface area (Å²) in [6, 6.07) is 7.03. The number of ketones is 4. The van der Waals surface area contributed by atoms with Crippen LogP contribution in [-0.2, 0) is 65.6 Å². The molecule has 4 unspecified atom stereocenters. The summed E-state index contributed by atoms with van der Waals surface area (Å²) in [5.41, 5.74) is 30.7. The molecule has 25 nitrogen and oxygen atoms in total. The van der Waals surface area contributed by atoms with E-state index >= 15 is 0 Å². The molecule has 1 heterocycles. The molecule has 0 saturated carbocycles. The molecule has 7 amide bonds. The van der Waals surface area contributed by atoms with E-state index in [1.807, 2.05) is 0 Å². The minimum atomic E-state index is -1.58. The Hall–Kier alpha value is -6.58. The molecule has 85 heavy (non-hydrogen) atoms. The fraction of sp³-hybridized carbons (Fsp3) is 0.610. The Kier molecular flexibility index (Phi) is 32.3. The van der Waals surface area contributed by atoms with Crippen LogP contribution in [-0.4, -0.2) is 162 Å². The van der Waals surface area contributed by atoms with Crippen LogP contribution in [0.15, 0.2) is 54.6 Å². The largest absolute Gasteiger partial charge is 0.393 e. The topological polar surface area (TPSA) is 443 Å². The van der Waals surface area contributed by atoms with Crippen molar-refractivity contribution < 1.29 is 63.0 Å². The van der Waals surface area contributed by atoms with Crippen LogP contribution in [0.5, 0.6) is 0 Å². The van der Waals surface area contributed by atoms with Crippen LogP contribution in [0, 0.1) is 29.6 Å². The van der Waals surface area contributed by atoms with Crippen LogP contribution in [0.1, 0.15) is 109 Å². The molecule has 2 aromatic rings. The summed E-state index contributed by atoms with van der Waals surface area (Å²) in [7, 11) is 0. The van der Waals surface area contributed by atoms with Crippen molar-refractivity contribution >= 4 is 76.1 Å². The Balaban J connectivity index is 2.08. The van der Waals surface area contributed by atoms with E-state index in [1.165, 1.54) is 13.8 Å². The lowest BCUT2D eigenvalue weighted by Gasteiger charge is -2.28. The van der Waals surface area contributed by atoms with Crippen LogP contribution in [0.4, 0.5) is 0 Å². The number of carbonyl (C=O) groups is 11. The summed E-state index contributed by atoms with van der Waals surface area (Å²) in [6.07, 6.45) is -5.87. The fourth-order valence-electron chi connectivity index (χ4n) is 9.98. The van der Waals surface area contributed by atoms with E-state index < -0.39 is 150 Å². The molecule has 0 aliphatic carbocycles. The van der Waals surface area contributed by atoms with Gasteiger partial charge in [0.05, 0.1) is 30.2 Å². The standard InChI is InChI=1S/C59H91ClN12O13/c1-33(2)26-47-58(84)69-46(18-24-65)57(83)68-44(17-23-64)50(77)32-42(34(3)73)56(82)66-25-19-45(49(76)30-39(15-21-62)54(80)70-48(59(85)71-47)27-36-10-6-5-7-11-36)67-53(79)40(16-22-63)31-51(78)52(35(4)74)72-55(81)38(14-20-61)29-41(75)28-37-12-8-9-13-43(37)60/h5-13,33-35,38-40,42,44-48,52,73-74H,14-32,61-65H2,1-4H3,(H,66,82)(H,67,79)(H,68,83)(H,69,84)(H,70,80)(H,71,85)(H,72,81)/t34?,35?,38-,39-,40-,42+,44+,45?,46?,47+,48-,52+/m1/s1. The molecule has 0 radical (unpaired) electrons. The smallest absolute Gasteiger partial charge is 0.243 e. The molecule has 0 spiro atoms. The highest BCUT2D eigenvalue weighted by atomic mass is 35.5. The highest BCUT2D eigenvalue weighted by molar-refractivity contribution is 6.31. The van der Waals surface area contributed by atoms with Gasteiger partial charge >= 0.3 is 0 Å². The number of halogens is 1. The number of aliphatic hydroxyl groups excluding tert-OH is 2. The number of hydrogen-bond donors (Lipinski definition) is 14. The fourth-order valence-corrected chi connectivity index (χ4v) is 10.2. The van der Waals surface area contributed by atoms with Crippen molar-refractivity contribution in [1.29, 1.82) is 0 Å². The number of benzene rings is 2. The third-order valence-corrected chi connectivity index (χ3v) is 15.2. The molecule has 1 aliphatic rings. The van der Waals surface area contributed by atoms with Gasteiger partial charge in [0.2, 0.25) is 41.4 Å². The van der Waals surface area contributed by atoms with Gasteiger partial charge < -0.3 is 76.1 Å². The Morgan fingerprint density at radius 3 is 1.76 bits per heavy atom. The van der Waals surface area contributed by atoms with E-state index in [2.05, 4.69) is 37.2 Å². The summed E-state index contributed by atoms with van der Waals surface area (Å²) in [5.74, 6) is -13.3. The number of carbonyl (C=O) groups excluding carboxylic acids is 11. The molecule has 1 saturated heterocycles. The van der Waals surface area contributed by atoms with Gasteiger partial charge in [-0.05, 0) is 115 Å². The van der Waals surface area contributed by atoms with E-state index in [4.69, 9.17) is 40.3 Å². The number of nitrogens with one attached hydrogen (secondary N) is 7. The van der Waals surface area contributed by atoms with Gasteiger partial charge in [-0.15, -0.1) is 0 Å². The number of Topliss-reactive ketones (excluding diaryl/α,β-unsaturated/α-hetero) is 4. The van der Waals surface area contributed by atoms with E-state index in [0.717, 1.165) is 0 Å². The highest BCUT2D eigenvalue weighted by Gasteiger charge is 2.38. The van der Waals surface area contributed by atoms with Crippen LogP contribution in [0.25, 0.3) is 0 Å². The Bertz CT molecular complexity index is 2560. The summed E-state index contributed by atoms with van der Waals surface area (Å²) in [6.45, 7) is 5.30. The molecule has 0 bridgehead atoms. The minimum absolute atomic E-state index is 0.00476. The number of hydrogen-bond acceptors (Lipinski definition) is 18. The van der Waals surface area contributed by atoms with Gasteiger partial charge in [0.1, 0.15) is 30.0 Å². The molecular formula is C59H91ClN12O13. The molecule has 1 aliphatic heterocycles. The quantitative estimate of drug-likeness (QED) is 0.0479. The maximum Gasteiger partial charge on any atom is 0.243 e. The average Bonchev–Trinajstić information content (AvgIpc) is 3.57. The van der Waals surface area contributed by atoms with Crippen LogP contribution >= 0.6 is 11.6 Å². The lowest BCUT2D eigenvalue weighted by atomic mass is 9.90. The molecule has 3 rings (SSSR count). The van der Waals surface area contributed by atoms with Crippen LogP contribution in [0.3, 0.4) is 0 Å². The predicted molar refractivity (Wildman–Crippen MR) is 318 cm³/mol. The van der Waals surface area contributed by atoms with Crippen molar-refractivity contribution in [3.63, 3.8) is 0 Å². The van der Waals surface area contributed by atoms with Crippen LogP contribution < -0.4 is 65.9 Å². The molecule has 2 aromatic carbocycles. The third kappa shape index (κ3) is 24.7. The second-order valence-electron chi connectivity index (χ2n) is 22.3. The second-order valence-corrected chi connectivity index (χ2v) is 22.7. The van der Waals surface area contributed by atoms with Crippen molar-refractivity contribution in [2.75, 3.05) is 39.3 Å². The highest BCUT2D eigenvalue weighted by Crippen LogP contribution is 2.22. The first-order valence-corrected chi connectivity index (χ1v) is 29.6. The summed E-state index contributed by atoms with van der Waals surface area (Å²) in [5, 5.41) is 40.7. The van der Waals surface area contributed by atoms with Gasteiger partial charge in [-0.3, -0.25) is 52.7 Å². The average molecular weight is 1210 g/mol. The van der Waals surface area contributed by atoms with Gasteiger partial charge in [0, 0.05) is 67.8 Å². The van der Waals surface area contributed by atoms with Crippen LogP contribution in [0.2, 0.25) is 5.02 Å². The Morgan fingerprint density at radius 1 is 0.624 bits per heavy atom. The normalized spacial score (nSPS) is 22.7. The Morgan fingerprint density at radius 2 is 1.18 bits per heavy atom. The van der Waals surface area contributed by atoms with Crippen molar-refractivity contribution in [3.05, 3.63) is 70.7 Å². The second kappa shape index (κ2) is 37.8. The first-order chi connectivity index (χ1) is 40.4. The maximum atomic E-state index is 14.7. The van der Waals surface area contributed by atoms with Gasteiger partial charge in [-0.2, -0.15) is 0 Å². The van der Waals surface area contributed by atoms with Crippen molar-refractivity contribution in [3.8, 4) is 0 Å². The predicted octanol–water partition coefficient (Wildman–Crippen LogP) is -1.59. The summed E-state index contributed by atoms with van der Waals surface area (Å²) < 4.78 is 0. The first-order valence-electron chi connectivity index (χ1n) is 29.2. The molecule has 26 heteroatoms. The van der Waals surface area contributed by atoms with Gasteiger partial charge in [0.25, 0.3) is 0 Å². The lowest BCUT2D eigenvalue weighted by molar-refractivity contribution is -0.137. The monoisotopic (exact) mass is 1210 g/mol. The van der Waals surface area contributed by atoms with Gasteiger partial charge in [-0.25, -0.2) is 0 Å².